The SMILES string of the molecule is CCc1ccc(-n2c(C)cc([C@H]3[C@@H](c4ccccn4)NC(=S)N3Cc3ccc(OC)cc3)c2C)cc1. The van der Waals surface area contributed by atoms with Gasteiger partial charge in [-0.1, -0.05) is 37.3 Å². The summed E-state index contributed by atoms with van der Waals surface area (Å²) in [5.74, 6) is 0.849. The van der Waals surface area contributed by atoms with Gasteiger partial charge in [-0.05, 0) is 91.6 Å². The Bertz CT molecular complexity index is 1350. The largest absolute Gasteiger partial charge is 0.497 e. The third-order valence-electron chi connectivity index (χ3n) is 7.10. The second-order valence-corrected chi connectivity index (χ2v) is 9.67. The Morgan fingerprint density at radius 2 is 1.69 bits per heavy atom. The van der Waals surface area contributed by atoms with E-state index < -0.39 is 0 Å². The lowest BCUT2D eigenvalue weighted by molar-refractivity contribution is 0.310. The van der Waals surface area contributed by atoms with Crippen LogP contribution in [0, 0.1) is 13.8 Å². The molecule has 1 saturated heterocycles. The molecule has 36 heavy (non-hydrogen) atoms. The van der Waals surface area contributed by atoms with E-state index in [1.54, 1.807) is 7.11 Å². The molecule has 1 N–H and O–H groups in total. The normalized spacial score (nSPS) is 17.3. The number of pyridine rings is 1. The number of methoxy groups -OCH3 is 1. The van der Waals surface area contributed by atoms with E-state index in [0.717, 1.165) is 23.0 Å². The summed E-state index contributed by atoms with van der Waals surface area (Å²) in [6.07, 6.45) is 2.88. The highest BCUT2D eigenvalue weighted by Gasteiger charge is 2.41. The van der Waals surface area contributed by atoms with Crippen molar-refractivity contribution in [3.8, 4) is 11.4 Å². The van der Waals surface area contributed by atoms with Gasteiger partial charge in [-0.2, -0.15) is 0 Å². The number of ether oxygens (including phenoxy) is 1. The van der Waals surface area contributed by atoms with Crippen LogP contribution in [0.5, 0.6) is 5.75 Å². The molecule has 5 nitrogen and oxygen atoms in total. The molecule has 0 radical (unpaired) electrons. The minimum atomic E-state index is -0.0478. The minimum Gasteiger partial charge on any atom is -0.497 e. The highest BCUT2D eigenvalue weighted by atomic mass is 32.1. The van der Waals surface area contributed by atoms with Crippen molar-refractivity contribution in [1.29, 1.82) is 0 Å². The molecule has 184 valence electrons. The third kappa shape index (κ3) is 4.49. The van der Waals surface area contributed by atoms with Crippen molar-refractivity contribution in [2.45, 2.75) is 45.8 Å². The zero-order valence-corrected chi connectivity index (χ0v) is 22.0. The molecular weight excluding hydrogens is 464 g/mol. The smallest absolute Gasteiger partial charge is 0.170 e. The Labute approximate surface area is 218 Å². The number of hydrogen-bond donors (Lipinski definition) is 1. The molecule has 2 aromatic heterocycles. The number of rotatable bonds is 7. The maximum Gasteiger partial charge on any atom is 0.170 e. The monoisotopic (exact) mass is 496 g/mol. The maximum atomic E-state index is 5.90. The maximum absolute atomic E-state index is 5.90. The summed E-state index contributed by atoms with van der Waals surface area (Å²) in [7, 11) is 1.69. The van der Waals surface area contributed by atoms with Crippen LogP contribution in [0.15, 0.2) is 79.0 Å². The molecule has 0 aliphatic carbocycles. The first-order valence-electron chi connectivity index (χ1n) is 12.4. The quantitative estimate of drug-likeness (QED) is 0.307. The summed E-state index contributed by atoms with van der Waals surface area (Å²) in [4.78, 5) is 6.99. The van der Waals surface area contributed by atoms with Gasteiger partial charge < -0.3 is 19.5 Å². The molecule has 3 heterocycles. The number of benzene rings is 2. The number of aryl methyl sites for hydroxylation is 2. The van der Waals surface area contributed by atoms with Gasteiger partial charge in [0.2, 0.25) is 0 Å². The Morgan fingerprint density at radius 1 is 0.972 bits per heavy atom. The molecule has 1 aliphatic heterocycles. The Kier molecular flexibility index (Phi) is 6.79. The van der Waals surface area contributed by atoms with E-state index in [-0.39, 0.29) is 12.1 Å². The Hall–Kier alpha value is -3.64. The first-order valence-corrected chi connectivity index (χ1v) is 12.8. The van der Waals surface area contributed by atoms with Gasteiger partial charge >= 0.3 is 0 Å². The topological polar surface area (TPSA) is 42.3 Å². The van der Waals surface area contributed by atoms with Crippen LogP contribution >= 0.6 is 12.2 Å². The molecule has 2 aromatic carbocycles. The average Bonchev–Trinajstić information content (AvgIpc) is 3.39. The molecule has 0 saturated carbocycles. The molecule has 5 rings (SSSR count). The molecule has 0 unspecified atom stereocenters. The van der Waals surface area contributed by atoms with Crippen LogP contribution in [0.25, 0.3) is 5.69 Å². The van der Waals surface area contributed by atoms with Crippen molar-refractivity contribution in [2.24, 2.45) is 0 Å². The Balaban J connectivity index is 1.58. The second-order valence-electron chi connectivity index (χ2n) is 9.28. The lowest BCUT2D eigenvalue weighted by Crippen LogP contribution is -2.29. The van der Waals surface area contributed by atoms with Crippen molar-refractivity contribution in [3.05, 3.63) is 113 Å². The van der Waals surface area contributed by atoms with Crippen molar-refractivity contribution in [2.75, 3.05) is 7.11 Å². The van der Waals surface area contributed by atoms with Crippen LogP contribution < -0.4 is 10.1 Å². The van der Waals surface area contributed by atoms with Gasteiger partial charge in [0.15, 0.2) is 5.11 Å². The van der Waals surface area contributed by atoms with E-state index in [9.17, 15) is 0 Å². The van der Waals surface area contributed by atoms with E-state index in [1.807, 2.05) is 30.5 Å². The third-order valence-corrected chi connectivity index (χ3v) is 7.45. The zero-order valence-electron chi connectivity index (χ0n) is 21.2. The number of nitrogens with one attached hydrogen (secondary N) is 1. The Morgan fingerprint density at radius 3 is 2.33 bits per heavy atom. The van der Waals surface area contributed by atoms with Crippen molar-refractivity contribution in [3.63, 3.8) is 0 Å². The highest BCUT2D eigenvalue weighted by molar-refractivity contribution is 7.80. The minimum absolute atomic E-state index is 0.00404. The predicted molar refractivity (Wildman–Crippen MR) is 149 cm³/mol. The van der Waals surface area contributed by atoms with Crippen LogP contribution in [-0.2, 0) is 13.0 Å². The van der Waals surface area contributed by atoms with Crippen LogP contribution in [0.1, 0.15) is 52.8 Å². The lowest BCUT2D eigenvalue weighted by atomic mass is 9.96. The summed E-state index contributed by atoms with van der Waals surface area (Å²) >= 11 is 5.90. The molecule has 0 amide bonds. The molecule has 1 aliphatic rings. The number of hydrogen-bond acceptors (Lipinski definition) is 3. The van der Waals surface area contributed by atoms with Crippen LogP contribution in [-0.4, -0.2) is 26.7 Å². The first-order chi connectivity index (χ1) is 17.5. The highest BCUT2D eigenvalue weighted by Crippen LogP contribution is 2.42. The standard InChI is InChI=1S/C30H32N4OS/c1-5-22-9-13-24(14-10-22)34-20(2)18-26(21(34)3)29-28(27-8-6-7-17-31-27)32-30(36)33(29)19-23-11-15-25(35-4)16-12-23/h6-18,28-29H,5,19H2,1-4H3,(H,32,36)/t28-,29+/m1/s1. The van der Waals surface area contributed by atoms with Crippen molar-refractivity contribution in [1.82, 2.24) is 19.8 Å². The second kappa shape index (κ2) is 10.2. The summed E-state index contributed by atoms with van der Waals surface area (Å²) in [6.45, 7) is 7.26. The predicted octanol–water partition coefficient (Wildman–Crippen LogP) is 6.23. The van der Waals surface area contributed by atoms with E-state index in [0.29, 0.717) is 6.54 Å². The van der Waals surface area contributed by atoms with Crippen LogP contribution in [0.4, 0.5) is 0 Å². The van der Waals surface area contributed by atoms with Gasteiger partial charge in [-0.15, -0.1) is 0 Å². The fourth-order valence-corrected chi connectivity index (χ4v) is 5.51. The molecule has 2 atom stereocenters. The fourth-order valence-electron chi connectivity index (χ4n) is 5.21. The zero-order chi connectivity index (χ0) is 25.2. The summed E-state index contributed by atoms with van der Waals surface area (Å²) in [6, 6.07) is 25.4. The summed E-state index contributed by atoms with van der Waals surface area (Å²) in [5.41, 5.74) is 8.35. The molecule has 0 spiro atoms. The van der Waals surface area contributed by atoms with E-state index in [4.69, 9.17) is 21.9 Å². The van der Waals surface area contributed by atoms with Crippen molar-refractivity contribution < 1.29 is 4.74 Å². The molecule has 1 fully saturated rings. The van der Waals surface area contributed by atoms with Gasteiger partial charge in [0, 0.05) is 29.8 Å². The van der Waals surface area contributed by atoms with Gasteiger partial charge in [-0.3, -0.25) is 4.98 Å². The lowest BCUT2D eigenvalue weighted by Gasteiger charge is -2.28. The van der Waals surface area contributed by atoms with Gasteiger partial charge in [0.25, 0.3) is 0 Å². The number of aromatic nitrogens is 2. The molecule has 6 heteroatoms. The van der Waals surface area contributed by atoms with Gasteiger partial charge in [0.05, 0.1) is 24.9 Å². The first kappa shape index (κ1) is 24.1. The van der Waals surface area contributed by atoms with Crippen LogP contribution in [0.2, 0.25) is 0 Å². The van der Waals surface area contributed by atoms with Gasteiger partial charge in [0.1, 0.15) is 5.75 Å². The summed E-state index contributed by atoms with van der Waals surface area (Å²) in [5, 5.41) is 4.32. The van der Waals surface area contributed by atoms with Crippen molar-refractivity contribution >= 4 is 17.3 Å². The van der Waals surface area contributed by atoms with Gasteiger partial charge in [-0.25, -0.2) is 0 Å². The number of thiocarbonyl (C=S) groups is 1. The average molecular weight is 497 g/mol. The number of nitrogens with zero attached hydrogens (tertiary/aromatic N) is 3. The van der Waals surface area contributed by atoms with E-state index in [2.05, 4.69) is 84.1 Å². The molecule has 4 aromatic rings. The van der Waals surface area contributed by atoms with Crippen LogP contribution in [0.3, 0.4) is 0 Å². The molecular formula is C30H32N4OS. The molecule has 0 bridgehead atoms. The fraction of sp³-hybridized carbons (Fsp3) is 0.267. The van der Waals surface area contributed by atoms with E-state index >= 15 is 0 Å². The summed E-state index contributed by atoms with van der Waals surface area (Å²) < 4.78 is 7.70. The van der Waals surface area contributed by atoms with E-state index in [1.165, 1.54) is 33.8 Å².